The van der Waals surface area contributed by atoms with Gasteiger partial charge < -0.3 is 10.6 Å². The second-order valence-corrected chi connectivity index (χ2v) is 8.35. The number of rotatable bonds is 6. The van der Waals surface area contributed by atoms with Crippen LogP contribution in [0.1, 0.15) is 24.1 Å². The molecule has 0 atom stereocenters. The van der Waals surface area contributed by atoms with E-state index in [9.17, 15) is 13.6 Å². The van der Waals surface area contributed by atoms with Crippen LogP contribution in [0, 0.1) is 11.6 Å². The Hall–Kier alpha value is -3.88. The largest absolute Gasteiger partial charge is 0.382 e. The van der Waals surface area contributed by atoms with Gasteiger partial charge in [-0.25, -0.2) is 13.8 Å². The van der Waals surface area contributed by atoms with Crippen molar-refractivity contribution in [2.75, 3.05) is 23.7 Å². The Balaban J connectivity index is 1.37. The standard InChI is InChI=1S/C25H24F2N6O/c1-33-23(34)13-22(16-8-9-28-14-19(16)27)32-25(33)30-11-10-29-24-17-4-2-3-5-20(17)31-21-12-15(26)6-7-18(21)24/h6-9,12-14H,2-5,10-11H2,1H3,(H,29,31)(H,30,32). The lowest BCUT2D eigenvalue weighted by atomic mass is 9.92. The first-order chi connectivity index (χ1) is 16.5. The number of aryl methyl sites for hydroxylation is 1. The molecule has 0 fully saturated rings. The first kappa shape index (κ1) is 21.9. The van der Waals surface area contributed by atoms with E-state index in [1.54, 1.807) is 13.1 Å². The fourth-order valence-electron chi connectivity index (χ4n) is 4.38. The molecule has 0 unspecified atom stereocenters. The average molecular weight is 463 g/mol. The molecule has 0 aliphatic heterocycles. The van der Waals surface area contributed by atoms with Gasteiger partial charge in [0.25, 0.3) is 5.56 Å². The van der Waals surface area contributed by atoms with Crippen LogP contribution in [0.4, 0.5) is 20.4 Å². The number of aromatic nitrogens is 4. The first-order valence-corrected chi connectivity index (χ1v) is 11.3. The molecule has 5 rings (SSSR count). The predicted octanol–water partition coefficient (Wildman–Crippen LogP) is 4.07. The van der Waals surface area contributed by atoms with Gasteiger partial charge in [0.05, 0.1) is 17.4 Å². The van der Waals surface area contributed by atoms with Gasteiger partial charge in [-0.15, -0.1) is 0 Å². The third kappa shape index (κ3) is 4.21. The van der Waals surface area contributed by atoms with Gasteiger partial charge in [0.2, 0.25) is 5.95 Å². The highest BCUT2D eigenvalue weighted by Gasteiger charge is 2.18. The van der Waals surface area contributed by atoms with Crippen molar-refractivity contribution in [1.29, 1.82) is 0 Å². The Bertz CT molecular complexity index is 1440. The van der Waals surface area contributed by atoms with Crippen LogP contribution in [-0.2, 0) is 19.9 Å². The van der Waals surface area contributed by atoms with Crippen LogP contribution < -0.4 is 16.2 Å². The maximum Gasteiger partial charge on any atom is 0.255 e. The zero-order chi connectivity index (χ0) is 23.7. The predicted molar refractivity (Wildman–Crippen MR) is 128 cm³/mol. The minimum absolute atomic E-state index is 0.219. The van der Waals surface area contributed by atoms with Crippen molar-refractivity contribution < 1.29 is 8.78 Å². The van der Waals surface area contributed by atoms with Gasteiger partial charge in [0.15, 0.2) is 5.82 Å². The molecule has 0 saturated heterocycles. The number of anilines is 2. The smallest absolute Gasteiger partial charge is 0.255 e. The van der Waals surface area contributed by atoms with Gasteiger partial charge in [0, 0.05) is 60.8 Å². The Labute approximate surface area is 194 Å². The van der Waals surface area contributed by atoms with Crippen LogP contribution >= 0.6 is 0 Å². The van der Waals surface area contributed by atoms with Crippen molar-refractivity contribution in [2.24, 2.45) is 7.05 Å². The number of hydrogen-bond donors (Lipinski definition) is 2. The number of benzene rings is 1. The molecule has 0 saturated carbocycles. The Morgan fingerprint density at radius 3 is 2.71 bits per heavy atom. The Morgan fingerprint density at radius 1 is 1.03 bits per heavy atom. The second-order valence-electron chi connectivity index (χ2n) is 8.35. The zero-order valence-corrected chi connectivity index (χ0v) is 18.7. The molecule has 3 heterocycles. The average Bonchev–Trinajstić information content (AvgIpc) is 2.83. The highest BCUT2D eigenvalue weighted by Crippen LogP contribution is 2.33. The van der Waals surface area contributed by atoms with Crippen LogP contribution in [0.3, 0.4) is 0 Å². The summed E-state index contributed by atoms with van der Waals surface area (Å²) in [5, 5.41) is 7.54. The van der Waals surface area contributed by atoms with Crippen molar-refractivity contribution in [3.05, 3.63) is 76.0 Å². The van der Waals surface area contributed by atoms with Crippen molar-refractivity contribution in [1.82, 2.24) is 19.5 Å². The Morgan fingerprint density at radius 2 is 1.85 bits per heavy atom. The van der Waals surface area contributed by atoms with Gasteiger partial charge in [-0.1, -0.05) is 0 Å². The maximum atomic E-state index is 14.2. The van der Waals surface area contributed by atoms with E-state index in [0.29, 0.717) is 24.6 Å². The molecular weight excluding hydrogens is 438 g/mol. The summed E-state index contributed by atoms with van der Waals surface area (Å²) in [7, 11) is 1.61. The number of hydrogen-bond acceptors (Lipinski definition) is 6. The highest BCUT2D eigenvalue weighted by atomic mass is 19.1. The molecule has 0 bridgehead atoms. The molecule has 2 N–H and O–H groups in total. The second kappa shape index (κ2) is 9.17. The molecule has 0 spiro atoms. The summed E-state index contributed by atoms with van der Waals surface area (Å²) in [6.07, 6.45) is 6.55. The number of halogens is 2. The van der Waals surface area contributed by atoms with E-state index in [1.165, 1.54) is 40.6 Å². The van der Waals surface area contributed by atoms with E-state index in [-0.39, 0.29) is 22.6 Å². The van der Waals surface area contributed by atoms with E-state index in [4.69, 9.17) is 4.98 Å². The van der Waals surface area contributed by atoms with Crippen molar-refractivity contribution in [2.45, 2.75) is 25.7 Å². The number of pyridine rings is 2. The van der Waals surface area contributed by atoms with Crippen molar-refractivity contribution in [3.8, 4) is 11.3 Å². The number of fused-ring (bicyclic) bond motifs is 2. The van der Waals surface area contributed by atoms with E-state index >= 15 is 0 Å². The molecular formula is C25H24F2N6O. The van der Waals surface area contributed by atoms with Crippen molar-refractivity contribution >= 4 is 22.5 Å². The molecule has 34 heavy (non-hydrogen) atoms. The lowest BCUT2D eigenvalue weighted by Crippen LogP contribution is -2.24. The quantitative estimate of drug-likeness (QED) is 0.420. The highest BCUT2D eigenvalue weighted by molar-refractivity contribution is 5.93. The van der Waals surface area contributed by atoms with E-state index in [2.05, 4.69) is 20.6 Å². The number of nitrogens with one attached hydrogen (secondary N) is 2. The van der Waals surface area contributed by atoms with E-state index in [1.807, 2.05) is 0 Å². The third-order valence-corrected chi connectivity index (χ3v) is 6.12. The third-order valence-electron chi connectivity index (χ3n) is 6.12. The fourth-order valence-corrected chi connectivity index (χ4v) is 4.38. The van der Waals surface area contributed by atoms with Crippen molar-refractivity contribution in [3.63, 3.8) is 0 Å². The summed E-state index contributed by atoms with van der Waals surface area (Å²) >= 11 is 0. The molecule has 3 aromatic heterocycles. The van der Waals surface area contributed by atoms with Gasteiger partial charge in [-0.2, -0.15) is 0 Å². The topological polar surface area (TPSA) is 84.7 Å². The van der Waals surface area contributed by atoms with Crippen LogP contribution in [0.15, 0.2) is 47.5 Å². The molecule has 4 aromatic rings. The fraction of sp³-hybridized carbons (Fsp3) is 0.280. The molecule has 1 aliphatic carbocycles. The summed E-state index contributed by atoms with van der Waals surface area (Å²) in [6, 6.07) is 7.48. The molecule has 7 nitrogen and oxygen atoms in total. The van der Waals surface area contributed by atoms with Crippen LogP contribution in [0.5, 0.6) is 0 Å². The van der Waals surface area contributed by atoms with E-state index in [0.717, 1.165) is 48.6 Å². The summed E-state index contributed by atoms with van der Waals surface area (Å²) in [5.74, 6) is -0.508. The first-order valence-electron chi connectivity index (χ1n) is 11.3. The lowest BCUT2D eigenvalue weighted by molar-refractivity contribution is 0.624. The minimum atomic E-state index is -0.540. The molecule has 1 aliphatic rings. The van der Waals surface area contributed by atoms with Gasteiger partial charge in [-0.05, 0) is 49.4 Å². The van der Waals surface area contributed by atoms with Gasteiger partial charge in [-0.3, -0.25) is 19.3 Å². The van der Waals surface area contributed by atoms with Crippen LogP contribution in [0.2, 0.25) is 0 Å². The summed E-state index contributed by atoms with van der Waals surface area (Å²) < 4.78 is 29.4. The van der Waals surface area contributed by atoms with Crippen LogP contribution in [0.25, 0.3) is 22.2 Å². The summed E-state index contributed by atoms with van der Waals surface area (Å²) in [4.78, 5) is 25.3. The molecule has 0 radical (unpaired) electrons. The Kier molecular flexibility index (Phi) is 5.91. The minimum Gasteiger partial charge on any atom is -0.382 e. The zero-order valence-electron chi connectivity index (χ0n) is 18.7. The lowest BCUT2D eigenvalue weighted by Gasteiger charge is -2.22. The van der Waals surface area contributed by atoms with E-state index < -0.39 is 5.82 Å². The van der Waals surface area contributed by atoms with Gasteiger partial charge in [0.1, 0.15) is 5.82 Å². The molecule has 174 valence electrons. The SMILES string of the molecule is Cn1c(NCCNc2c3c(nc4cc(F)ccc24)CCCC3)nc(-c2ccncc2F)cc1=O. The van der Waals surface area contributed by atoms with Crippen LogP contribution in [-0.4, -0.2) is 32.6 Å². The molecule has 1 aromatic carbocycles. The normalized spacial score (nSPS) is 13.0. The summed E-state index contributed by atoms with van der Waals surface area (Å²) in [5.41, 5.74) is 4.00. The van der Waals surface area contributed by atoms with Gasteiger partial charge >= 0.3 is 0 Å². The monoisotopic (exact) mass is 462 g/mol. The number of nitrogens with zero attached hydrogens (tertiary/aromatic N) is 4. The molecule has 0 amide bonds. The molecule has 9 heteroatoms. The maximum absolute atomic E-state index is 14.2. The summed E-state index contributed by atoms with van der Waals surface area (Å²) in [6.45, 7) is 0.995.